The Balaban J connectivity index is 2.39. The number of benzene rings is 1. The van der Waals surface area contributed by atoms with Crippen LogP contribution in [0.5, 0.6) is 0 Å². The van der Waals surface area contributed by atoms with E-state index in [-0.39, 0.29) is 5.82 Å². The van der Waals surface area contributed by atoms with Gasteiger partial charge in [-0.25, -0.2) is 4.39 Å². The Labute approximate surface area is 143 Å². The zero-order valence-electron chi connectivity index (χ0n) is 14.3. The fraction of sp³-hybridized carbons (Fsp3) is 0.588. The summed E-state index contributed by atoms with van der Waals surface area (Å²) in [5.74, 6) is 1.38. The van der Waals surface area contributed by atoms with Crippen LogP contribution in [0.4, 0.5) is 4.39 Å². The van der Waals surface area contributed by atoms with E-state index in [0.29, 0.717) is 6.54 Å². The van der Waals surface area contributed by atoms with Gasteiger partial charge in [-0.05, 0) is 49.3 Å². The number of ether oxygens (including phenoxy) is 1. The summed E-state index contributed by atoms with van der Waals surface area (Å²) in [4.78, 5) is 4.21. The van der Waals surface area contributed by atoms with Gasteiger partial charge in [-0.15, -0.1) is 0 Å². The average Bonchev–Trinajstić information content (AvgIpc) is 2.55. The number of guanidine groups is 1. The number of hydrogen-bond donors (Lipinski definition) is 2. The molecular weight excluding hydrogens is 313 g/mol. The molecule has 130 valence electrons. The van der Waals surface area contributed by atoms with Crippen LogP contribution in [0.15, 0.2) is 23.2 Å². The molecule has 0 radical (unpaired) electrons. The monoisotopic (exact) mass is 341 g/mol. The SMILES string of the molecule is CCOCCCCNC(=NC)NCc1ccc(F)cc1CSC. The van der Waals surface area contributed by atoms with E-state index in [9.17, 15) is 4.39 Å². The number of unbranched alkanes of at least 4 members (excludes halogenated alkanes) is 1. The molecule has 6 heteroatoms. The van der Waals surface area contributed by atoms with Crippen molar-refractivity contribution in [3.8, 4) is 0 Å². The molecule has 0 aromatic heterocycles. The lowest BCUT2D eigenvalue weighted by Crippen LogP contribution is -2.37. The molecule has 4 nitrogen and oxygen atoms in total. The predicted molar refractivity (Wildman–Crippen MR) is 97.5 cm³/mol. The largest absolute Gasteiger partial charge is 0.382 e. The third kappa shape index (κ3) is 8.23. The highest BCUT2D eigenvalue weighted by Crippen LogP contribution is 2.16. The lowest BCUT2D eigenvalue weighted by Gasteiger charge is -2.14. The highest BCUT2D eigenvalue weighted by Gasteiger charge is 2.05. The lowest BCUT2D eigenvalue weighted by atomic mass is 10.1. The van der Waals surface area contributed by atoms with Crippen LogP contribution >= 0.6 is 11.8 Å². The zero-order valence-corrected chi connectivity index (χ0v) is 15.1. The first-order chi connectivity index (χ1) is 11.2. The fourth-order valence-corrected chi connectivity index (χ4v) is 2.72. The smallest absolute Gasteiger partial charge is 0.191 e. The molecule has 0 atom stereocenters. The second kappa shape index (κ2) is 12.2. The van der Waals surface area contributed by atoms with Crippen LogP contribution in [-0.2, 0) is 17.0 Å². The molecule has 0 spiro atoms. The van der Waals surface area contributed by atoms with Crippen molar-refractivity contribution in [2.75, 3.05) is 33.1 Å². The van der Waals surface area contributed by atoms with Crippen molar-refractivity contribution in [3.63, 3.8) is 0 Å². The summed E-state index contributed by atoms with van der Waals surface area (Å²) in [5.41, 5.74) is 2.12. The summed E-state index contributed by atoms with van der Waals surface area (Å²) in [6.45, 7) is 5.07. The summed E-state index contributed by atoms with van der Waals surface area (Å²) in [7, 11) is 1.75. The van der Waals surface area contributed by atoms with Crippen LogP contribution in [0.25, 0.3) is 0 Å². The van der Waals surface area contributed by atoms with Gasteiger partial charge in [-0.1, -0.05) is 6.07 Å². The van der Waals surface area contributed by atoms with Gasteiger partial charge in [0.1, 0.15) is 5.82 Å². The maximum atomic E-state index is 13.4. The second-order valence-electron chi connectivity index (χ2n) is 5.10. The second-order valence-corrected chi connectivity index (χ2v) is 5.97. The molecule has 23 heavy (non-hydrogen) atoms. The van der Waals surface area contributed by atoms with Gasteiger partial charge in [0.15, 0.2) is 5.96 Å². The molecule has 2 N–H and O–H groups in total. The van der Waals surface area contributed by atoms with Crippen LogP contribution in [0.2, 0.25) is 0 Å². The van der Waals surface area contributed by atoms with Crippen LogP contribution in [0.1, 0.15) is 30.9 Å². The molecule has 0 saturated carbocycles. The summed E-state index contributed by atoms with van der Waals surface area (Å²) in [5, 5.41) is 6.57. The zero-order chi connectivity index (χ0) is 16.9. The first kappa shape index (κ1) is 19.8. The molecule has 1 aromatic rings. The fourth-order valence-electron chi connectivity index (χ4n) is 2.14. The molecule has 0 heterocycles. The Bertz CT molecular complexity index is 483. The number of nitrogens with one attached hydrogen (secondary N) is 2. The number of nitrogens with zero attached hydrogens (tertiary/aromatic N) is 1. The molecule has 1 aromatic carbocycles. The molecule has 0 amide bonds. The van der Waals surface area contributed by atoms with Crippen molar-refractivity contribution in [1.82, 2.24) is 10.6 Å². The molecular formula is C17H28FN3OS. The number of rotatable bonds is 10. The van der Waals surface area contributed by atoms with Crippen molar-refractivity contribution in [2.24, 2.45) is 4.99 Å². The molecule has 0 aliphatic carbocycles. The summed E-state index contributed by atoms with van der Waals surface area (Å²) >= 11 is 1.69. The van der Waals surface area contributed by atoms with Gasteiger partial charge in [0.2, 0.25) is 0 Å². The van der Waals surface area contributed by atoms with Gasteiger partial charge in [-0.3, -0.25) is 4.99 Å². The van der Waals surface area contributed by atoms with E-state index in [4.69, 9.17) is 4.74 Å². The van der Waals surface area contributed by atoms with E-state index >= 15 is 0 Å². The quantitative estimate of drug-likeness (QED) is 0.390. The van der Waals surface area contributed by atoms with Crippen molar-refractivity contribution in [2.45, 2.75) is 32.1 Å². The van der Waals surface area contributed by atoms with Gasteiger partial charge in [0, 0.05) is 39.1 Å². The average molecular weight is 341 g/mol. The van der Waals surface area contributed by atoms with E-state index in [1.54, 1.807) is 24.9 Å². The van der Waals surface area contributed by atoms with Gasteiger partial charge in [-0.2, -0.15) is 11.8 Å². The molecule has 0 aliphatic rings. The Hall–Kier alpha value is -1.27. The molecule has 0 fully saturated rings. The van der Waals surface area contributed by atoms with Crippen molar-refractivity contribution >= 4 is 17.7 Å². The number of thioether (sulfide) groups is 1. The Morgan fingerprint density at radius 2 is 2.09 bits per heavy atom. The Morgan fingerprint density at radius 1 is 1.26 bits per heavy atom. The van der Waals surface area contributed by atoms with Gasteiger partial charge in [0.25, 0.3) is 0 Å². The minimum absolute atomic E-state index is 0.186. The summed E-state index contributed by atoms with van der Waals surface area (Å²) in [6, 6.07) is 4.95. The number of hydrogen-bond acceptors (Lipinski definition) is 3. The maximum absolute atomic E-state index is 13.4. The van der Waals surface area contributed by atoms with E-state index in [2.05, 4.69) is 15.6 Å². The minimum Gasteiger partial charge on any atom is -0.382 e. The summed E-state index contributed by atoms with van der Waals surface area (Å²) in [6.07, 6.45) is 4.09. The standard InChI is InChI=1S/C17H28FN3OS/c1-4-22-10-6-5-9-20-17(19-2)21-12-14-7-8-16(18)11-15(14)13-23-3/h7-8,11H,4-6,9-10,12-13H2,1-3H3,(H2,19,20,21). The maximum Gasteiger partial charge on any atom is 0.191 e. The van der Waals surface area contributed by atoms with Crippen molar-refractivity contribution < 1.29 is 9.13 Å². The topological polar surface area (TPSA) is 45.6 Å². The number of aliphatic imine (C=N–C) groups is 1. The van der Waals surface area contributed by atoms with Crippen molar-refractivity contribution in [1.29, 1.82) is 0 Å². The first-order valence-electron chi connectivity index (χ1n) is 7.99. The molecule has 0 saturated heterocycles. The lowest BCUT2D eigenvalue weighted by molar-refractivity contribution is 0.143. The predicted octanol–water partition coefficient (Wildman–Crippen LogP) is 3.17. The molecule has 0 bridgehead atoms. The van der Waals surface area contributed by atoms with E-state index < -0.39 is 0 Å². The summed E-state index contributed by atoms with van der Waals surface area (Å²) < 4.78 is 18.7. The third-order valence-corrected chi connectivity index (χ3v) is 3.95. The van der Waals surface area contributed by atoms with E-state index in [1.165, 1.54) is 6.07 Å². The minimum atomic E-state index is -0.186. The Morgan fingerprint density at radius 3 is 2.78 bits per heavy atom. The molecule has 1 rings (SSSR count). The highest BCUT2D eigenvalue weighted by molar-refractivity contribution is 7.97. The Kier molecular flexibility index (Phi) is 10.5. The van der Waals surface area contributed by atoms with Crippen LogP contribution in [0, 0.1) is 5.82 Å². The van der Waals surface area contributed by atoms with Crippen LogP contribution < -0.4 is 10.6 Å². The molecule has 0 aliphatic heterocycles. The normalized spacial score (nSPS) is 11.6. The van der Waals surface area contributed by atoms with E-state index in [0.717, 1.165) is 55.4 Å². The van der Waals surface area contributed by atoms with Gasteiger partial charge < -0.3 is 15.4 Å². The number of halogens is 1. The highest BCUT2D eigenvalue weighted by atomic mass is 32.2. The van der Waals surface area contributed by atoms with Gasteiger partial charge >= 0.3 is 0 Å². The van der Waals surface area contributed by atoms with Crippen LogP contribution in [-0.4, -0.2) is 39.0 Å². The van der Waals surface area contributed by atoms with Crippen LogP contribution in [0.3, 0.4) is 0 Å². The first-order valence-corrected chi connectivity index (χ1v) is 9.39. The molecule has 0 unspecified atom stereocenters. The van der Waals surface area contributed by atoms with Crippen molar-refractivity contribution in [3.05, 3.63) is 35.1 Å². The van der Waals surface area contributed by atoms with E-state index in [1.807, 2.05) is 19.2 Å². The third-order valence-electron chi connectivity index (χ3n) is 3.35. The van der Waals surface area contributed by atoms with Gasteiger partial charge in [0.05, 0.1) is 0 Å².